The van der Waals surface area contributed by atoms with Gasteiger partial charge in [-0.05, 0) is 71.1 Å². The molecule has 152 valence electrons. The number of methoxy groups -OCH3 is 2. The van der Waals surface area contributed by atoms with Crippen LogP contribution in [0, 0.1) is 3.57 Å². The summed E-state index contributed by atoms with van der Waals surface area (Å²) in [5.41, 5.74) is 2.78. The highest BCUT2D eigenvalue weighted by Gasteiger charge is 2.19. The lowest BCUT2D eigenvalue weighted by Gasteiger charge is -2.12. The smallest absolute Gasteiger partial charge is 0.263 e. The number of nitrogens with one attached hydrogen (secondary N) is 1. The molecule has 0 spiro atoms. The molecule has 6 nitrogen and oxygen atoms in total. The molecule has 3 aromatic carbocycles. The lowest BCUT2D eigenvalue weighted by atomic mass is 10.1. The first-order valence-electron chi connectivity index (χ1n) is 8.88. The summed E-state index contributed by atoms with van der Waals surface area (Å²) in [7, 11) is 3.01. The molecule has 0 bridgehead atoms. The maximum Gasteiger partial charge on any atom is 0.263 e. The van der Waals surface area contributed by atoms with Crippen molar-refractivity contribution in [3.05, 3.63) is 68.8 Å². The molecule has 0 atom stereocenters. The molecule has 1 N–H and O–H groups in total. The number of ether oxygens (including phenoxy) is 2. The summed E-state index contributed by atoms with van der Waals surface area (Å²) in [6, 6.07) is 16.0. The summed E-state index contributed by atoms with van der Waals surface area (Å²) >= 11 is 8.51. The summed E-state index contributed by atoms with van der Waals surface area (Å²) in [4.78, 5) is 17.4. The van der Waals surface area contributed by atoms with Crippen molar-refractivity contribution in [1.82, 2.24) is 4.98 Å². The predicted octanol–water partition coefficient (Wildman–Crippen LogP) is 6.02. The number of nitrogens with zero attached hydrogens (tertiary/aromatic N) is 1. The van der Waals surface area contributed by atoms with Gasteiger partial charge in [0.25, 0.3) is 5.91 Å². The van der Waals surface area contributed by atoms with Gasteiger partial charge in [0.2, 0.25) is 5.89 Å². The fourth-order valence-electron chi connectivity index (χ4n) is 3.05. The topological polar surface area (TPSA) is 73.6 Å². The van der Waals surface area contributed by atoms with Crippen molar-refractivity contribution >= 4 is 56.9 Å². The number of rotatable bonds is 5. The number of aromatic nitrogens is 1. The van der Waals surface area contributed by atoms with E-state index in [1.165, 1.54) is 14.2 Å². The second-order valence-corrected chi connectivity index (χ2v) is 7.97. The Labute approximate surface area is 191 Å². The minimum Gasteiger partial charge on any atom is -0.496 e. The van der Waals surface area contributed by atoms with E-state index >= 15 is 0 Å². The largest absolute Gasteiger partial charge is 0.496 e. The van der Waals surface area contributed by atoms with Crippen LogP contribution in [0.2, 0.25) is 5.02 Å². The highest BCUT2D eigenvalue weighted by atomic mass is 127. The fourth-order valence-corrected chi connectivity index (χ4v) is 3.74. The number of anilines is 1. The maximum atomic E-state index is 12.9. The summed E-state index contributed by atoms with van der Waals surface area (Å²) in [6.45, 7) is 0. The van der Waals surface area contributed by atoms with Gasteiger partial charge in [0, 0.05) is 9.26 Å². The van der Waals surface area contributed by atoms with Crippen LogP contribution in [-0.2, 0) is 0 Å². The number of hydrogen-bond donors (Lipinski definition) is 1. The van der Waals surface area contributed by atoms with Crippen molar-refractivity contribution < 1.29 is 18.7 Å². The molecule has 4 rings (SSSR count). The normalized spacial score (nSPS) is 10.8. The SMILES string of the molecule is COc1cccc(OC)c1C(=O)Nc1ccc2oc(-c3cc(I)ccc3Cl)nc2c1. The Kier molecular flexibility index (Phi) is 5.83. The molecule has 0 saturated heterocycles. The molecular formula is C22H16ClIN2O4. The van der Waals surface area contributed by atoms with E-state index in [1.807, 2.05) is 12.1 Å². The molecule has 30 heavy (non-hydrogen) atoms. The van der Waals surface area contributed by atoms with Gasteiger partial charge < -0.3 is 19.2 Å². The lowest BCUT2D eigenvalue weighted by Crippen LogP contribution is -2.14. The van der Waals surface area contributed by atoms with Crippen LogP contribution in [0.25, 0.3) is 22.6 Å². The van der Waals surface area contributed by atoms with E-state index in [1.54, 1.807) is 42.5 Å². The maximum absolute atomic E-state index is 12.9. The van der Waals surface area contributed by atoms with Crippen molar-refractivity contribution in [2.24, 2.45) is 0 Å². The summed E-state index contributed by atoms with van der Waals surface area (Å²) < 4.78 is 17.5. The molecule has 8 heteroatoms. The first kappa shape index (κ1) is 20.5. The van der Waals surface area contributed by atoms with Gasteiger partial charge in [0.15, 0.2) is 5.58 Å². The van der Waals surface area contributed by atoms with Crippen LogP contribution < -0.4 is 14.8 Å². The van der Waals surface area contributed by atoms with Crippen LogP contribution in [-0.4, -0.2) is 25.1 Å². The van der Waals surface area contributed by atoms with E-state index in [-0.39, 0.29) is 5.91 Å². The first-order valence-corrected chi connectivity index (χ1v) is 10.3. The number of amides is 1. The standard InChI is InChI=1S/C22H16ClIN2O4/c1-28-18-4-3-5-19(29-2)20(18)21(27)25-13-7-9-17-16(11-13)26-22(30-17)14-10-12(24)6-8-15(14)23/h3-11H,1-2H3,(H,25,27). The van der Waals surface area contributed by atoms with Crippen LogP contribution in [0.3, 0.4) is 0 Å². The minimum absolute atomic E-state index is 0.314. The number of carbonyl (C=O) groups excluding carboxylic acids is 1. The van der Waals surface area contributed by atoms with Crippen molar-refractivity contribution in [1.29, 1.82) is 0 Å². The number of halogens is 2. The number of benzene rings is 3. The number of hydrogen-bond acceptors (Lipinski definition) is 5. The summed E-state index contributed by atoms with van der Waals surface area (Å²) in [5, 5.41) is 3.42. The molecule has 0 aliphatic rings. The second kappa shape index (κ2) is 8.53. The van der Waals surface area contributed by atoms with Gasteiger partial charge >= 0.3 is 0 Å². The molecule has 0 aliphatic heterocycles. The Morgan fingerprint density at radius 1 is 1.07 bits per heavy atom. The molecule has 0 saturated carbocycles. The molecular weight excluding hydrogens is 519 g/mol. The average Bonchev–Trinajstić information content (AvgIpc) is 3.17. The zero-order valence-electron chi connectivity index (χ0n) is 16.0. The number of carbonyl (C=O) groups is 1. The van der Waals surface area contributed by atoms with Crippen LogP contribution in [0.15, 0.2) is 59.0 Å². The lowest BCUT2D eigenvalue weighted by molar-refractivity contribution is 0.102. The highest BCUT2D eigenvalue weighted by Crippen LogP contribution is 2.33. The molecule has 1 heterocycles. The van der Waals surface area contributed by atoms with Crippen LogP contribution >= 0.6 is 34.2 Å². The summed E-state index contributed by atoms with van der Waals surface area (Å²) in [5.74, 6) is 0.909. The molecule has 0 fully saturated rings. The zero-order valence-corrected chi connectivity index (χ0v) is 18.9. The molecule has 0 radical (unpaired) electrons. The third-order valence-electron chi connectivity index (χ3n) is 4.46. The third-order valence-corrected chi connectivity index (χ3v) is 5.46. The fraction of sp³-hybridized carbons (Fsp3) is 0.0909. The summed E-state index contributed by atoms with van der Waals surface area (Å²) in [6.07, 6.45) is 0. The van der Waals surface area contributed by atoms with Gasteiger partial charge in [0.1, 0.15) is 22.6 Å². The van der Waals surface area contributed by atoms with Crippen LogP contribution in [0.4, 0.5) is 5.69 Å². The van der Waals surface area contributed by atoms with E-state index in [0.29, 0.717) is 50.3 Å². The monoisotopic (exact) mass is 534 g/mol. The van der Waals surface area contributed by atoms with Gasteiger partial charge in [-0.3, -0.25) is 4.79 Å². The Hall–Kier alpha value is -2.78. The van der Waals surface area contributed by atoms with Gasteiger partial charge in [-0.15, -0.1) is 0 Å². The van der Waals surface area contributed by atoms with Crippen molar-refractivity contribution in [3.63, 3.8) is 0 Å². The number of fused-ring (bicyclic) bond motifs is 1. The quantitative estimate of drug-likeness (QED) is 0.317. The third kappa shape index (κ3) is 3.95. The van der Waals surface area contributed by atoms with E-state index in [4.69, 9.17) is 25.5 Å². The van der Waals surface area contributed by atoms with Crippen molar-refractivity contribution in [2.75, 3.05) is 19.5 Å². The van der Waals surface area contributed by atoms with E-state index in [9.17, 15) is 4.79 Å². The van der Waals surface area contributed by atoms with Crippen LogP contribution in [0.5, 0.6) is 11.5 Å². The minimum atomic E-state index is -0.354. The average molecular weight is 535 g/mol. The molecule has 1 amide bonds. The van der Waals surface area contributed by atoms with E-state index < -0.39 is 0 Å². The van der Waals surface area contributed by atoms with Crippen LogP contribution in [0.1, 0.15) is 10.4 Å². The molecule has 0 aliphatic carbocycles. The Morgan fingerprint density at radius 3 is 2.50 bits per heavy atom. The van der Waals surface area contributed by atoms with Crippen molar-refractivity contribution in [3.8, 4) is 23.0 Å². The first-order chi connectivity index (χ1) is 14.5. The highest BCUT2D eigenvalue weighted by molar-refractivity contribution is 14.1. The van der Waals surface area contributed by atoms with E-state index in [2.05, 4.69) is 32.9 Å². The molecule has 1 aromatic heterocycles. The Balaban J connectivity index is 1.67. The number of oxazole rings is 1. The van der Waals surface area contributed by atoms with E-state index in [0.717, 1.165) is 3.57 Å². The molecule has 0 unspecified atom stereocenters. The second-order valence-electron chi connectivity index (χ2n) is 6.32. The molecule has 4 aromatic rings. The van der Waals surface area contributed by atoms with Gasteiger partial charge in [-0.2, -0.15) is 0 Å². The van der Waals surface area contributed by atoms with Crippen molar-refractivity contribution in [2.45, 2.75) is 0 Å². The Bertz CT molecular complexity index is 1230. The Morgan fingerprint density at radius 2 is 1.80 bits per heavy atom. The zero-order chi connectivity index (χ0) is 21.3. The van der Waals surface area contributed by atoms with Gasteiger partial charge in [-0.25, -0.2) is 4.98 Å². The van der Waals surface area contributed by atoms with Gasteiger partial charge in [-0.1, -0.05) is 17.7 Å². The van der Waals surface area contributed by atoms with Gasteiger partial charge in [0.05, 0.1) is 24.8 Å². The predicted molar refractivity (Wildman–Crippen MR) is 125 cm³/mol.